The van der Waals surface area contributed by atoms with E-state index in [0.29, 0.717) is 12.1 Å². The minimum Gasteiger partial charge on any atom is -0.408 e. The molecule has 0 aliphatic carbocycles. The monoisotopic (exact) mass is 369 g/mol. The van der Waals surface area contributed by atoms with Crippen LogP contribution in [0.3, 0.4) is 0 Å². The van der Waals surface area contributed by atoms with Crippen molar-refractivity contribution in [1.82, 2.24) is 14.3 Å². The van der Waals surface area contributed by atoms with Crippen molar-refractivity contribution in [3.8, 4) is 0 Å². The van der Waals surface area contributed by atoms with Gasteiger partial charge in [0.2, 0.25) is 0 Å². The molecule has 2 aromatic heterocycles. The average Bonchev–Trinajstić information content (AvgIpc) is 2.90. The predicted molar refractivity (Wildman–Crippen MR) is 80.1 cm³/mol. The molecule has 0 saturated heterocycles. The molecule has 0 unspecified atom stereocenters. The van der Waals surface area contributed by atoms with Gasteiger partial charge in [0.25, 0.3) is 0 Å². The van der Waals surface area contributed by atoms with Gasteiger partial charge in [-0.3, -0.25) is 9.25 Å². The van der Waals surface area contributed by atoms with Crippen molar-refractivity contribution >= 4 is 33.7 Å². The molecule has 0 saturated carbocycles. The second kappa shape index (κ2) is 4.84. The van der Waals surface area contributed by atoms with Crippen molar-refractivity contribution in [2.75, 3.05) is 0 Å². The van der Waals surface area contributed by atoms with E-state index in [1.807, 2.05) is 36.0 Å². The number of hydrogen-bond acceptors (Lipinski definition) is 3. The molecule has 0 spiro atoms. The molecule has 0 fully saturated rings. The molecule has 3 rings (SSSR count). The molecule has 1 aromatic carbocycles. The largest absolute Gasteiger partial charge is 0.419 e. The molecule has 98 valence electrons. The molecule has 0 radical (unpaired) electrons. The zero-order valence-corrected chi connectivity index (χ0v) is 12.5. The minimum absolute atomic E-state index is 0.306. The Balaban J connectivity index is 1.95. The van der Waals surface area contributed by atoms with E-state index < -0.39 is 0 Å². The van der Waals surface area contributed by atoms with E-state index >= 15 is 0 Å². The second-order valence-corrected chi connectivity index (χ2v) is 5.57. The summed E-state index contributed by atoms with van der Waals surface area (Å²) >= 11 is 2.20. The molecule has 3 aromatic rings. The van der Waals surface area contributed by atoms with E-state index in [4.69, 9.17) is 4.42 Å². The summed E-state index contributed by atoms with van der Waals surface area (Å²) < 4.78 is 9.79. The molecule has 19 heavy (non-hydrogen) atoms. The summed E-state index contributed by atoms with van der Waals surface area (Å²) in [7, 11) is 1.90. The summed E-state index contributed by atoms with van der Waals surface area (Å²) in [5.74, 6) is -0.306. The summed E-state index contributed by atoms with van der Waals surface area (Å²) in [6.45, 7) is 0.589. The lowest BCUT2D eigenvalue weighted by molar-refractivity contribution is 0.501. The first-order valence-electron chi connectivity index (χ1n) is 5.91. The first kappa shape index (κ1) is 12.5. The topological polar surface area (TPSA) is 53.0 Å². The Hall–Kier alpha value is -1.57. The van der Waals surface area contributed by atoms with Gasteiger partial charge in [-0.1, -0.05) is 0 Å². The average molecular weight is 369 g/mol. The Morgan fingerprint density at radius 1 is 1.37 bits per heavy atom. The number of oxazole rings is 1. The van der Waals surface area contributed by atoms with Crippen molar-refractivity contribution < 1.29 is 4.42 Å². The van der Waals surface area contributed by atoms with E-state index in [-0.39, 0.29) is 5.76 Å². The summed E-state index contributed by atoms with van der Waals surface area (Å²) in [6.07, 6.45) is 2.50. The number of aromatic nitrogens is 3. The highest BCUT2D eigenvalue weighted by Gasteiger charge is 2.10. The molecule has 5 nitrogen and oxygen atoms in total. The Bertz CT molecular complexity index is 785. The van der Waals surface area contributed by atoms with Crippen LogP contribution < -0.4 is 5.76 Å². The van der Waals surface area contributed by atoms with Gasteiger partial charge in [0, 0.05) is 35.5 Å². The molecule has 2 heterocycles. The highest BCUT2D eigenvalue weighted by molar-refractivity contribution is 14.1. The summed E-state index contributed by atoms with van der Waals surface area (Å²) in [5, 5.41) is 4.12. The van der Waals surface area contributed by atoms with Gasteiger partial charge in [-0.05, 0) is 46.9 Å². The standard InChI is InChI=1S/C13H12IN3O2/c1-16-10(4-6-15-16)5-7-17-11-3-2-9(14)8-12(11)19-13(17)18/h2-4,6,8H,5,7H2,1H3. The molecule has 0 atom stereocenters. The van der Waals surface area contributed by atoms with Crippen LogP contribution in [0.25, 0.3) is 11.1 Å². The molecule has 0 aliphatic heterocycles. The highest BCUT2D eigenvalue weighted by atomic mass is 127. The van der Waals surface area contributed by atoms with E-state index in [2.05, 4.69) is 27.7 Å². The third-order valence-corrected chi connectivity index (χ3v) is 3.82. The molecule has 0 aliphatic rings. The lowest BCUT2D eigenvalue weighted by Crippen LogP contribution is -2.16. The normalized spacial score (nSPS) is 11.3. The molecule has 0 amide bonds. The van der Waals surface area contributed by atoms with Gasteiger partial charge in [-0.2, -0.15) is 5.10 Å². The fourth-order valence-corrected chi connectivity index (χ4v) is 2.59. The zero-order chi connectivity index (χ0) is 13.4. The van der Waals surface area contributed by atoms with Crippen molar-refractivity contribution in [1.29, 1.82) is 0 Å². The molecule has 6 heteroatoms. The lowest BCUT2D eigenvalue weighted by atomic mass is 10.3. The fourth-order valence-electron chi connectivity index (χ4n) is 2.12. The van der Waals surface area contributed by atoms with Gasteiger partial charge in [-0.25, -0.2) is 4.79 Å². The van der Waals surface area contributed by atoms with Crippen LogP contribution >= 0.6 is 22.6 Å². The predicted octanol–water partition coefficient (Wildman–Crippen LogP) is 2.18. The maximum Gasteiger partial charge on any atom is 0.419 e. The van der Waals surface area contributed by atoms with Crippen molar-refractivity contribution in [3.05, 3.63) is 50.3 Å². The highest BCUT2D eigenvalue weighted by Crippen LogP contribution is 2.16. The summed E-state index contributed by atoms with van der Waals surface area (Å²) in [5.41, 5.74) is 2.57. The Labute approximate surface area is 123 Å². The van der Waals surface area contributed by atoms with Crippen LogP contribution in [0.4, 0.5) is 0 Å². The maximum absolute atomic E-state index is 11.9. The van der Waals surface area contributed by atoms with E-state index in [1.165, 1.54) is 0 Å². The van der Waals surface area contributed by atoms with Crippen LogP contribution in [0.5, 0.6) is 0 Å². The van der Waals surface area contributed by atoms with Crippen LogP contribution in [-0.2, 0) is 20.0 Å². The number of rotatable bonds is 3. The van der Waals surface area contributed by atoms with Gasteiger partial charge in [0.05, 0.1) is 5.52 Å². The number of fused-ring (bicyclic) bond motifs is 1. The minimum atomic E-state index is -0.306. The molecule has 0 bridgehead atoms. The maximum atomic E-state index is 11.9. The van der Waals surface area contributed by atoms with Crippen molar-refractivity contribution in [3.63, 3.8) is 0 Å². The second-order valence-electron chi connectivity index (χ2n) is 4.33. The first-order chi connectivity index (χ1) is 9.15. The Morgan fingerprint density at radius 2 is 2.21 bits per heavy atom. The first-order valence-corrected chi connectivity index (χ1v) is 6.99. The Kier molecular flexibility index (Phi) is 3.17. The van der Waals surface area contributed by atoms with Crippen LogP contribution in [0, 0.1) is 3.57 Å². The summed E-state index contributed by atoms with van der Waals surface area (Å²) in [6, 6.07) is 7.72. The lowest BCUT2D eigenvalue weighted by Gasteiger charge is -2.03. The quantitative estimate of drug-likeness (QED) is 0.665. The van der Waals surface area contributed by atoms with Crippen LogP contribution in [0.2, 0.25) is 0 Å². The van der Waals surface area contributed by atoms with Crippen molar-refractivity contribution in [2.24, 2.45) is 7.05 Å². The SMILES string of the molecule is Cn1nccc1CCn1c(=O)oc2cc(I)ccc21. The number of hydrogen-bond donors (Lipinski definition) is 0. The van der Waals surface area contributed by atoms with E-state index in [1.54, 1.807) is 10.8 Å². The Morgan fingerprint density at radius 3 is 2.95 bits per heavy atom. The molecular weight excluding hydrogens is 357 g/mol. The fraction of sp³-hybridized carbons (Fsp3) is 0.231. The third-order valence-electron chi connectivity index (χ3n) is 3.14. The van der Waals surface area contributed by atoms with Gasteiger partial charge in [0.1, 0.15) is 0 Å². The van der Waals surface area contributed by atoms with Gasteiger partial charge < -0.3 is 4.42 Å². The number of halogens is 1. The number of aryl methyl sites for hydroxylation is 3. The van der Waals surface area contributed by atoms with E-state index in [0.717, 1.165) is 21.2 Å². The van der Waals surface area contributed by atoms with Crippen LogP contribution in [0.1, 0.15) is 5.69 Å². The molecule has 0 N–H and O–H groups in total. The molecular formula is C13H12IN3O2. The van der Waals surface area contributed by atoms with Gasteiger partial charge >= 0.3 is 5.76 Å². The number of benzene rings is 1. The van der Waals surface area contributed by atoms with Crippen molar-refractivity contribution in [2.45, 2.75) is 13.0 Å². The smallest absolute Gasteiger partial charge is 0.408 e. The summed E-state index contributed by atoms with van der Waals surface area (Å²) in [4.78, 5) is 11.9. The van der Waals surface area contributed by atoms with Gasteiger partial charge in [0.15, 0.2) is 5.58 Å². The zero-order valence-electron chi connectivity index (χ0n) is 10.3. The van der Waals surface area contributed by atoms with Gasteiger partial charge in [-0.15, -0.1) is 0 Å². The third kappa shape index (κ3) is 2.32. The van der Waals surface area contributed by atoms with E-state index in [9.17, 15) is 4.79 Å². The van der Waals surface area contributed by atoms with Crippen LogP contribution in [-0.4, -0.2) is 14.3 Å². The van der Waals surface area contributed by atoms with Crippen LogP contribution in [0.15, 0.2) is 39.7 Å². The number of nitrogens with zero attached hydrogens (tertiary/aromatic N) is 3.